The van der Waals surface area contributed by atoms with Gasteiger partial charge in [0.25, 0.3) is 0 Å². The average molecular weight is 476 g/mol. The summed E-state index contributed by atoms with van der Waals surface area (Å²) in [6.07, 6.45) is 7.11. The smallest absolute Gasteiger partial charge is 0.246 e. The molecular formula is C24H23BClN5OS. The number of nitrogens with one attached hydrogen (secondary N) is 1. The van der Waals surface area contributed by atoms with Crippen molar-refractivity contribution in [3.63, 3.8) is 0 Å². The number of hydrogen-bond donors (Lipinski definition) is 1. The molecule has 1 amide bonds. The zero-order valence-corrected chi connectivity index (χ0v) is 19.8. The van der Waals surface area contributed by atoms with Crippen LogP contribution in [-0.2, 0) is 4.79 Å². The summed E-state index contributed by atoms with van der Waals surface area (Å²) in [7, 11) is 2.00. The van der Waals surface area contributed by atoms with Crippen molar-refractivity contribution in [1.82, 2.24) is 19.5 Å². The Morgan fingerprint density at radius 3 is 2.82 bits per heavy atom. The number of thiophene rings is 1. The number of nitrogens with zero attached hydrogens (tertiary/aromatic N) is 4. The van der Waals surface area contributed by atoms with Crippen LogP contribution in [0, 0.1) is 0 Å². The van der Waals surface area contributed by atoms with Crippen LogP contribution >= 0.6 is 22.9 Å². The molecule has 33 heavy (non-hydrogen) atoms. The maximum Gasteiger partial charge on any atom is 0.246 e. The van der Waals surface area contributed by atoms with Crippen molar-refractivity contribution in [2.45, 2.75) is 18.9 Å². The molecule has 4 heterocycles. The Morgan fingerprint density at radius 2 is 2.06 bits per heavy atom. The lowest BCUT2D eigenvalue weighted by Gasteiger charge is -2.32. The fraction of sp³-hybridized carbons (Fsp3) is 0.208. The molecule has 1 N–H and O–H groups in total. The molecule has 9 heteroatoms. The van der Waals surface area contributed by atoms with Crippen LogP contribution in [0.15, 0.2) is 59.4 Å². The third kappa shape index (κ3) is 4.67. The second-order valence-electron chi connectivity index (χ2n) is 8.20. The monoisotopic (exact) mass is 475 g/mol. The van der Waals surface area contributed by atoms with Crippen LogP contribution in [0.2, 0.25) is 5.02 Å². The van der Waals surface area contributed by atoms with Crippen molar-refractivity contribution in [3.8, 4) is 11.3 Å². The first-order chi connectivity index (χ1) is 16.1. The highest BCUT2D eigenvalue weighted by Crippen LogP contribution is 2.29. The fourth-order valence-electron chi connectivity index (χ4n) is 4.08. The number of aromatic nitrogens is 3. The molecule has 1 aliphatic rings. The van der Waals surface area contributed by atoms with E-state index in [0.29, 0.717) is 18.1 Å². The molecule has 6 nitrogen and oxygen atoms in total. The second kappa shape index (κ2) is 9.41. The molecule has 0 unspecified atom stereocenters. The van der Waals surface area contributed by atoms with Gasteiger partial charge in [-0.25, -0.2) is 4.98 Å². The van der Waals surface area contributed by atoms with E-state index in [-0.39, 0.29) is 11.9 Å². The van der Waals surface area contributed by atoms with Gasteiger partial charge in [0.15, 0.2) is 5.65 Å². The number of hydrogen-bond acceptors (Lipinski definition) is 5. The molecule has 0 atom stereocenters. The molecule has 0 bridgehead atoms. The van der Waals surface area contributed by atoms with Gasteiger partial charge in [-0.05, 0) is 52.8 Å². The first-order valence-corrected chi connectivity index (χ1v) is 12.3. The molecule has 166 valence electrons. The van der Waals surface area contributed by atoms with Gasteiger partial charge >= 0.3 is 0 Å². The van der Waals surface area contributed by atoms with Crippen LogP contribution in [0.4, 0.5) is 5.82 Å². The van der Waals surface area contributed by atoms with E-state index in [1.54, 1.807) is 17.4 Å². The van der Waals surface area contributed by atoms with E-state index >= 15 is 0 Å². The second-order valence-corrected chi connectivity index (χ2v) is 9.39. The molecule has 5 rings (SSSR count). The molecule has 1 saturated heterocycles. The Hall–Kier alpha value is -3.10. The number of amides is 1. The van der Waals surface area contributed by atoms with Gasteiger partial charge in [0, 0.05) is 48.1 Å². The third-order valence-electron chi connectivity index (χ3n) is 5.92. The molecule has 3 aromatic heterocycles. The molecule has 1 fully saturated rings. The van der Waals surface area contributed by atoms with Gasteiger partial charge in [0.1, 0.15) is 13.7 Å². The number of anilines is 1. The van der Waals surface area contributed by atoms with Gasteiger partial charge in [-0.1, -0.05) is 29.8 Å². The number of fused-ring (bicyclic) bond motifs is 1. The highest BCUT2D eigenvalue weighted by Gasteiger charge is 2.23. The van der Waals surface area contributed by atoms with Crippen molar-refractivity contribution in [2.24, 2.45) is 0 Å². The summed E-state index contributed by atoms with van der Waals surface area (Å²) in [5.74, 6) is 0.944. The maximum absolute atomic E-state index is 12.6. The number of likely N-dealkylation sites (tertiary alicyclic amines) is 1. The zero-order chi connectivity index (χ0) is 22.8. The summed E-state index contributed by atoms with van der Waals surface area (Å²) in [4.78, 5) is 19.3. The van der Waals surface area contributed by atoms with Crippen molar-refractivity contribution in [2.75, 3.05) is 18.4 Å². The van der Waals surface area contributed by atoms with Gasteiger partial charge in [-0.2, -0.15) is 21.0 Å². The quantitative estimate of drug-likeness (QED) is 0.355. The average Bonchev–Trinajstić information content (AvgIpc) is 3.48. The lowest BCUT2D eigenvalue weighted by atomic mass is 10.0. The maximum atomic E-state index is 12.6. The van der Waals surface area contributed by atoms with E-state index in [4.69, 9.17) is 16.6 Å². The van der Waals surface area contributed by atoms with Gasteiger partial charge < -0.3 is 10.2 Å². The van der Waals surface area contributed by atoms with E-state index in [9.17, 15) is 4.79 Å². The normalized spacial score (nSPS) is 14.9. The van der Waals surface area contributed by atoms with Gasteiger partial charge in [-0.15, -0.1) is 0 Å². The Bertz CT molecular complexity index is 1310. The molecule has 4 aromatic rings. The Labute approximate surface area is 202 Å². The minimum atomic E-state index is 0.0645. The van der Waals surface area contributed by atoms with E-state index in [1.807, 2.05) is 76.7 Å². The van der Waals surface area contributed by atoms with Crippen molar-refractivity contribution in [1.29, 1.82) is 0 Å². The van der Waals surface area contributed by atoms with Crippen molar-refractivity contribution in [3.05, 3.63) is 70.0 Å². The molecule has 0 radical (unpaired) electrons. The largest absolute Gasteiger partial charge is 0.367 e. The van der Waals surface area contributed by atoms with Gasteiger partial charge in [-0.3, -0.25) is 4.79 Å². The fourth-order valence-corrected chi connectivity index (χ4v) is 4.94. The van der Waals surface area contributed by atoms with Crippen LogP contribution in [0.5, 0.6) is 0 Å². The summed E-state index contributed by atoms with van der Waals surface area (Å²) in [6, 6.07) is 12.0. The van der Waals surface area contributed by atoms with Crippen LogP contribution in [-0.4, -0.2) is 52.4 Å². The third-order valence-corrected chi connectivity index (χ3v) is 6.95. The highest BCUT2D eigenvalue weighted by molar-refractivity contribution is 7.08. The van der Waals surface area contributed by atoms with Crippen LogP contribution in [0.3, 0.4) is 0 Å². The molecule has 1 aromatic carbocycles. The molecule has 0 aliphatic carbocycles. The van der Waals surface area contributed by atoms with Crippen LogP contribution < -0.4 is 10.8 Å². The predicted molar refractivity (Wildman–Crippen MR) is 138 cm³/mol. The standard InChI is InChI=1S/C24H23BClN5OS/c25-19-14-27-31-22(13-21(29-24(19)31)18-3-1-2-4-20(18)26)28-17-7-10-30(11-8-17)23(32)6-5-16-9-12-33-15-16/h1-6,9,12-15,17,28H,7-8,10-11,25H2/b6-5+. The Morgan fingerprint density at radius 1 is 1.24 bits per heavy atom. The van der Waals surface area contributed by atoms with Gasteiger partial charge in [0.05, 0.1) is 5.69 Å². The minimum Gasteiger partial charge on any atom is -0.367 e. The Kier molecular flexibility index (Phi) is 6.20. The van der Waals surface area contributed by atoms with Gasteiger partial charge in [0.2, 0.25) is 5.91 Å². The summed E-state index contributed by atoms with van der Waals surface area (Å²) < 4.78 is 1.84. The number of benzene rings is 1. The summed E-state index contributed by atoms with van der Waals surface area (Å²) in [5.41, 5.74) is 4.58. The molecule has 0 saturated carbocycles. The molecular weight excluding hydrogens is 453 g/mol. The van der Waals surface area contributed by atoms with E-state index in [2.05, 4.69) is 10.4 Å². The predicted octanol–water partition coefficient (Wildman–Crippen LogP) is 3.49. The number of rotatable bonds is 5. The highest BCUT2D eigenvalue weighted by atomic mass is 35.5. The van der Waals surface area contributed by atoms with Crippen molar-refractivity contribution < 1.29 is 4.79 Å². The lowest BCUT2D eigenvalue weighted by molar-refractivity contribution is -0.126. The number of carbonyl (C=O) groups is 1. The number of piperidine rings is 1. The zero-order valence-electron chi connectivity index (χ0n) is 18.2. The first kappa shape index (κ1) is 21.7. The Balaban J connectivity index is 1.32. The van der Waals surface area contributed by atoms with E-state index in [1.165, 1.54) is 0 Å². The van der Waals surface area contributed by atoms with E-state index < -0.39 is 0 Å². The minimum absolute atomic E-state index is 0.0645. The topological polar surface area (TPSA) is 62.5 Å². The summed E-state index contributed by atoms with van der Waals surface area (Å²) in [6.45, 7) is 1.43. The van der Waals surface area contributed by atoms with Crippen LogP contribution in [0.25, 0.3) is 23.0 Å². The SMILES string of the molecule is Bc1cnn2c(NC3CCN(C(=O)/C=C/c4ccsc4)CC3)cc(-c3ccccc3Cl)nc12. The number of carbonyl (C=O) groups excluding carboxylic acids is 1. The number of halogens is 1. The lowest BCUT2D eigenvalue weighted by Crippen LogP contribution is -2.42. The summed E-state index contributed by atoms with van der Waals surface area (Å²) >= 11 is 8.07. The van der Waals surface area contributed by atoms with Crippen LogP contribution in [0.1, 0.15) is 18.4 Å². The van der Waals surface area contributed by atoms with E-state index in [0.717, 1.165) is 46.6 Å². The first-order valence-electron chi connectivity index (χ1n) is 10.9. The summed E-state index contributed by atoms with van der Waals surface area (Å²) in [5, 5.41) is 12.9. The molecule has 0 spiro atoms. The molecule has 1 aliphatic heterocycles. The van der Waals surface area contributed by atoms with Crippen molar-refractivity contribution >= 4 is 59.7 Å².